The molecule has 1 aromatic heterocycles. The lowest BCUT2D eigenvalue weighted by atomic mass is 10.1. The van der Waals surface area contributed by atoms with Gasteiger partial charge in [-0.15, -0.1) is 0 Å². The van der Waals surface area contributed by atoms with Gasteiger partial charge in [-0.25, -0.2) is 9.86 Å². The number of carbonyl (C=O) groups is 1. The quantitative estimate of drug-likeness (QED) is 0.784. The molecule has 0 aliphatic heterocycles. The molecule has 1 heterocycles. The van der Waals surface area contributed by atoms with Gasteiger partial charge in [0, 0.05) is 7.05 Å². The number of benzene rings is 1. The molecule has 6 nitrogen and oxygen atoms in total. The van der Waals surface area contributed by atoms with Crippen LogP contribution in [0.1, 0.15) is 10.6 Å². The molecule has 0 fully saturated rings. The van der Waals surface area contributed by atoms with Crippen molar-refractivity contribution in [3.8, 4) is 5.75 Å². The Morgan fingerprint density at radius 3 is 2.63 bits per heavy atom. The molecule has 0 N–H and O–H groups in total. The normalized spacial score (nSPS) is 10.5. The first-order chi connectivity index (χ1) is 9.06. The van der Waals surface area contributed by atoms with Crippen LogP contribution >= 0.6 is 0 Å². The maximum atomic E-state index is 11.9. The molecule has 0 bridgehead atoms. The minimum absolute atomic E-state index is 0.0879. The zero-order valence-electron chi connectivity index (χ0n) is 10.8. The average molecular weight is 263 g/mol. The van der Waals surface area contributed by atoms with E-state index in [2.05, 4.69) is 0 Å². The molecule has 0 unspecified atom stereocenters. The number of hydrogen-bond acceptors (Lipinski definition) is 5. The summed E-state index contributed by atoms with van der Waals surface area (Å²) in [6.07, 6.45) is 0. The Morgan fingerprint density at radius 2 is 2.00 bits per heavy atom. The number of nitrogens with zero attached hydrogens (tertiary/aromatic N) is 1. The summed E-state index contributed by atoms with van der Waals surface area (Å²) in [7, 11) is 4.30. The van der Waals surface area contributed by atoms with Crippen LogP contribution in [0.3, 0.4) is 0 Å². The summed E-state index contributed by atoms with van der Waals surface area (Å²) in [5.41, 5.74) is -0.576. The third kappa shape index (κ3) is 2.43. The van der Waals surface area contributed by atoms with Crippen LogP contribution < -0.4 is 10.4 Å². The van der Waals surface area contributed by atoms with E-state index >= 15 is 0 Å². The highest BCUT2D eigenvalue weighted by atomic mass is 16.7. The van der Waals surface area contributed by atoms with Gasteiger partial charge < -0.3 is 9.15 Å². The Morgan fingerprint density at radius 1 is 1.26 bits per heavy atom. The second-order valence-corrected chi connectivity index (χ2v) is 3.84. The molecule has 2 rings (SSSR count). The van der Waals surface area contributed by atoms with Crippen LogP contribution in [0.15, 0.2) is 33.5 Å². The average Bonchev–Trinajstić information content (AvgIpc) is 2.44. The standard InChI is InChI=1S/C13H13NO5/c1-14(18-3)12(15)11-7-8-6-9(17-2)4-5-10(8)13(16)19-11/h4-7H,1-3H3. The van der Waals surface area contributed by atoms with Gasteiger partial charge in [-0.2, -0.15) is 0 Å². The van der Waals surface area contributed by atoms with Crippen molar-refractivity contribution < 1.29 is 18.8 Å². The van der Waals surface area contributed by atoms with E-state index in [1.807, 2.05) is 0 Å². The Bertz CT molecular complexity index is 676. The smallest absolute Gasteiger partial charge is 0.344 e. The molecule has 1 amide bonds. The Kier molecular flexibility index (Phi) is 3.52. The third-order valence-electron chi connectivity index (χ3n) is 2.74. The molecule has 6 heteroatoms. The van der Waals surface area contributed by atoms with E-state index in [-0.39, 0.29) is 5.76 Å². The fourth-order valence-corrected chi connectivity index (χ4v) is 1.64. The van der Waals surface area contributed by atoms with Crippen LogP contribution in [0.25, 0.3) is 10.8 Å². The summed E-state index contributed by atoms with van der Waals surface area (Å²) in [5, 5.41) is 1.94. The summed E-state index contributed by atoms with van der Waals surface area (Å²) >= 11 is 0. The van der Waals surface area contributed by atoms with Crippen LogP contribution in [0.4, 0.5) is 0 Å². The zero-order valence-corrected chi connectivity index (χ0v) is 10.8. The predicted molar refractivity (Wildman–Crippen MR) is 68.1 cm³/mol. The lowest BCUT2D eigenvalue weighted by Crippen LogP contribution is -2.26. The zero-order chi connectivity index (χ0) is 14.0. The second kappa shape index (κ2) is 5.11. The van der Waals surface area contributed by atoms with Crippen molar-refractivity contribution in [2.45, 2.75) is 0 Å². The van der Waals surface area contributed by atoms with E-state index in [0.717, 1.165) is 5.06 Å². The van der Waals surface area contributed by atoms with Crippen molar-refractivity contribution in [3.05, 3.63) is 40.4 Å². The molecular weight excluding hydrogens is 250 g/mol. The van der Waals surface area contributed by atoms with E-state index in [9.17, 15) is 9.59 Å². The van der Waals surface area contributed by atoms with E-state index < -0.39 is 11.5 Å². The van der Waals surface area contributed by atoms with Gasteiger partial charge in [0.25, 0.3) is 0 Å². The molecule has 2 aromatic rings. The number of amides is 1. The highest BCUT2D eigenvalue weighted by molar-refractivity contribution is 5.94. The summed E-state index contributed by atoms with van der Waals surface area (Å²) in [6.45, 7) is 0. The van der Waals surface area contributed by atoms with Gasteiger partial charge in [-0.05, 0) is 29.7 Å². The SMILES string of the molecule is COc1ccc2c(=O)oc(C(=O)N(C)OC)cc2c1. The van der Waals surface area contributed by atoms with Crippen LogP contribution in [0.5, 0.6) is 5.75 Å². The topological polar surface area (TPSA) is 69.0 Å². The Hall–Kier alpha value is -2.34. The number of hydrogen-bond donors (Lipinski definition) is 0. The molecular formula is C13H13NO5. The second-order valence-electron chi connectivity index (χ2n) is 3.84. The van der Waals surface area contributed by atoms with E-state index in [1.165, 1.54) is 27.3 Å². The molecule has 19 heavy (non-hydrogen) atoms. The van der Waals surface area contributed by atoms with Gasteiger partial charge in [0.1, 0.15) is 5.75 Å². The van der Waals surface area contributed by atoms with Gasteiger partial charge >= 0.3 is 11.5 Å². The van der Waals surface area contributed by atoms with Gasteiger partial charge in [0.15, 0.2) is 5.76 Å². The van der Waals surface area contributed by atoms with Gasteiger partial charge in [0.05, 0.1) is 19.6 Å². The molecule has 0 aliphatic rings. The number of rotatable bonds is 3. The highest BCUT2D eigenvalue weighted by Crippen LogP contribution is 2.19. The maximum absolute atomic E-state index is 11.9. The summed E-state index contributed by atoms with van der Waals surface area (Å²) in [4.78, 5) is 28.4. The monoisotopic (exact) mass is 263 g/mol. The first-order valence-corrected chi connectivity index (χ1v) is 5.51. The minimum atomic E-state index is -0.576. The van der Waals surface area contributed by atoms with Crippen molar-refractivity contribution in [2.24, 2.45) is 0 Å². The molecule has 0 aliphatic carbocycles. The van der Waals surface area contributed by atoms with Gasteiger partial charge in [-0.3, -0.25) is 9.63 Å². The number of carbonyl (C=O) groups excluding carboxylic acids is 1. The van der Waals surface area contributed by atoms with Crippen molar-refractivity contribution >= 4 is 16.7 Å². The van der Waals surface area contributed by atoms with Crippen LogP contribution in [0.2, 0.25) is 0 Å². The minimum Gasteiger partial charge on any atom is -0.497 e. The van der Waals surface area contributed by atoms with Crippen molar-refractivity contribution in [1.82, 2.24) is 5.06 Å². The predicted octanol–water partition coefficient (Wildman–Crippen LogP) is 1.43. The molecule has 0 spiro atoms. The summed E-state index contributed by atoms with van der Waals surface area (Å²) < 4.78 is 10.1. The van der Waals surface area contributed by atoms with Crippen molar-refractivity contribution in [3.63, 3.8) is 0 Å². The number of hydroxylamine groups is 2. The largest absolute Gasteiger partial charge is 0.497 e. The van der Waals surface area contributed by atoms with E-state index in [1.54, 1.807) is 18.2 Å². The van der Waals surface area contributed by atoms with Gasteiger partial charge in [0.2, 0.25) is 0 Å². The van der Waals surface area contributed by atoms with Crippen LogP contribution in [-0.4, -0.2) is 32.2 Å². The van der Waals surface area contributed by atoms with Gasteiger partial charge in [-0.1, -0.05) is 0 Å². The molecule has 100 valence electrons. The first-order valence-electron chi connectivity index (χ1n) is 5.51. The fraction of sp³-hybridized carbons (Fsp3) is 0.231. The molecule has 1 aromatic carbocycles. The van der Waals surface area contributed by atoms with Crippen molar-refractivity contribution in [1.29, 1.82) is 0 Å². The lowest BCUT2D eigenvalue weighted by molar-refractivity contribution is -0.0775. The molecule has 0 atom stereocenters. The molecule has 0 radical (unpaired) electrons. The Labute approximate surface area is 109 Å². The Balaban J connectivity index is 2.59. The highest BCUT2D eigenvalue weighted by Gasteiger charge is 2.16. The molecule has 0 saturated carbocycles. The summed E-state index contributed by atoms with van der Waals surface area (Å²) in [5.74, 6) is -0.0315. The number of ether oxygens (including phenoxy) is 1. The fourth-order valence-electron chi connectivity index (χ4n) is 1.64. The third-order valence-corrected chi connectivity index (χ3v) is 2.74. The number of methoxy groups -OCH3 is 1. The maximum Gasteiger partial charge on any atom is 0.344 e. The summed E-state index contributed by atoms with van der Waals surface area (Å²) in [6, 6.07) is 6.39. The molecule has 0 saturated heterocycles. The van der Waals surface area contributed by atoms with Crippen LogP contribution in [0, 0.1) is 0 Å². The first kappa shape index (κ1) is 13.1. The van der Waals surface area contributed by atoms with E-state index in [4.69, 9.17) is 14.0 Å². The van der Waals surface area contributed by atoms with Crippen LogP contribution in [-0.2, 0) is 4.84 Å². The number of fused-ring (bicyclic) bond motifs is 1. The van der Waals surface area contributed by atoms with Crippen molar-refractivity contribution in [2.75, 3.05) is 21.3 Å². The van der Waals surface area contributed by atoms with E-state index in [0.29, 0.717) is 16.5 Å². The lowest BCUT2D eigenvalue weighted by Gasteiger charge is -2.12.